The van der Waals surface area contributed by atoms with Gasteiger partial charge in [0.05, 0.1) is 24.3 Å². The highest BCUT2D eigenvalue weighted by atomic mass is 32.1. The SMILES string of the molecule is COC(=O)c1ccc([C@@H]2/C(=C(\O)c3ccc4c(c3)OCCO4)C(=O)C(=O)N2c2nnc(C)s2)cc1. The van der Waals surface area contributed by atoms with E-state index in [1.54, 1.807) is 37.3 Å². The number of nitrogens with zero attached hydrogens (tertiary/aromatic N) is 3. The van der Waals surface area contributed by atoms with Gasteiger partial charge in [-0.2, -0.15) is 0 Å². The summed E-state index contributed by atoms with van der Waals surface area (Å²) in [4.78, 5) is 39.5. The number of aryl methyl sites for hydroxylation is 1. The minimum atomic E-state index is -0.998. The lowest BCUT2D eigenvalue weighted by Gasteiger charge is -2.23. The largest absolute Gasteiger partial charge is 0.507 e. The summed E-state index contributed by atoms with van der Waals surface area (Å²) >= 11 is 1.14. The van der Waals surface area contributed by atoms with Crippen molar-refractivity contribution in [1.82, 2.24) is 10.2 Å². The van der Waals surface area contributed by atoms with E-state index < -0.39 is 23.7 Å². The second-order valence-corrected chi connectivity index (χ2v) is 8.90. The summed E-state index contributed by atoms with van der Waals surface area (Å²) in [5.74, 6) is -1.66. The van der Waals surface area contributed by atoms with Gasteiger partial charge < -0.3 is 19.3 Å². The molecule has 3 aromatic rings. The smallest absolute Gasteiger partial charge is 0.337 e. The maximum Gasteiger partial charge on any atom is 0.337 e. The molecule has 1 N–H and O–H groups in total. The number of aliphatic hydroxyl groups is 1. The van der Waals surface area contributed by atoms with Crippen LogP contribution in [-0.4, -0.2) is 53.3 Å². The Bertz CT molecular complexity index is 1380. The number of ketones is 1. The van der Waals surface area contributed by atoms with Gasteiger partial charge in [-0.15, -0.1) is 10.2 Å². The summed E-state index contributed by atoms with van der Waals surface area (Å²) in [6.45, 7) is 2.49. The third-order valence-electron chi connectivity index (χ3n) is 5.63. The molecule has 1 atom stereocenters. The number of Topliss-reactive ketones (excluding diaryl/α,β-unsaturated/α-hetero) is 1. The molecule has 1 saturated heterocycles. The summed E-state index contributed by atoms with van der Waals surface area (Å²) in [5.41, 5.74) is 0.956. The summed E-state index contributed by atoms with van der Waals surface area (Å²) in [6.07, 6.45) is 0. The molecule has 1 amide bonds. The number of amides is 1. The van der Waals surface area contributed by atoms with Crippen molar-refractivity contribution in [3.63, 3.8) is 0 Å². The van der Waals surface area contributed by atoms with Gasteiger partial charge in [-0.05, 0) is 42.8 Å². The highest BCUT2D eigenvalue weighted by molar-refractivity contribution is 7.15. The number of carbonyl (C=O) groups excluding carboxylic acids is 3. The first-order valence-electron chi connectivity index (χ1n) is 10.6. The van der Waals surface area contributed by atoms with Crippen molar-refractivity contribution in [2.24, 2.45) is 0 Å². The number of rotatable bonds is 4. The molecule has 11 heteroatoms. The topological polar surface area (TPSA) is 128 Å². The molecule has 2 aliphatic heterocycles. The molecule has 0 unspecified atom stereocenters. The Morgan fingerprint density at radius 3 is 2.40 bits per heavy atom. The van der Waals surface area contributed by atoms with Crippen LogP contribution >= 0.6 is 11.3 Å². The van der Waals surface area contributed by atoms with Crippen molar-refractivity contribution in [2.75, 3.05) is 25.2 Å². The van der Waals surface area contributed by atoms with Crippen molar-refractivity contribution in [3.8, 4) is 11.5 Å². The molecule has 35 heavy (non-hydrogen) atoms. The van der Waals surface area contributed by atoms with E-state index in [9.17, 15) is 19.5 Å². The molecule has 0 bridgehead atoms. The zero-order valence-electron chi connectivity index (χ0n) is 18.7. The maximum atomic E-state index is 13.2. The lowest BCUT2D eigenvalue weighted by molar-refractivity contribution is -0.132. The van der Waals surface area contributed by atoms with Gasteiger partial charge in [0.1, 0.15) is 24.0 Å². The van der Waals surface area contributed by atoms with Gasteiger partial charge in [-0.1, -0.05) is 23.5 Å². The van der Waals surface area contributed by atoms with Crippen LogP contribution in [0.15, 0.2) is 48.0 Å². The van der Waals surface area contributed by atoms with Crippen molar-refractivity contribution in [1.29, 1.82) is 0 Å². The van der Waals surface area contributed by atoms with Gasteiger partial charge in [0.25, 0.3) is 5.78 Å². The number of methoxy groups -OCH3 is 1. The van der Waals surface area contributed by atoms with Crippen LogP contribution in [0.25, 0.3) is 5.76 Å². The molecule has 2 aromatic carbocycles. The molecule has 1 fully saturated rings. The molecule has 3 heterocycles. The van der Waals surface area contributed by atoms with Gasteiger partial charge >= 0.3 is 11.9 Å². The fraction of sp³-hybridized carbons (Fsp3) is 0.208. The molecule has 0 spiro atoms. The van der Waals surface area contributed by atoms with E-state index in [4.69, 9.17) is 14.2 Å². The van der Waals surface area contributed by atoms with Gasteiger partial charge in [0.15, 0.2) is 11.5 Å². The Labute approximate surface area is 203 Å². The monoisotopic (exact) mass is 493 g/mol. The van der Waals surface area contributed by atoms with E-state index in [1.807, 2.05) is 0 Å². The number of aliphatic hydroxyl groups excluding tert-OH is 1. The highest BCUT2D eigenvalue weighted by Crippen LogP contribution is 2.43. The first-order valence-corrected chi connectivity index (χ1v) is 11.4. The number of fused-ring (bicyclic) bond motifs is 1. The van der Waals surface area contributed by atoms with Gasteiger partial charge in [-0.3, -0.25) is 14.5 Å². The summed E-state index contributed by atoms with van der Waals surface area (Å²) < 4.78 is 15.9. The average Bonchev–Trinajstić information content (AvgIpc) is 3.43. The van der Waals surface area contributed by atoms with Crippen LogP contribution in [0.3, 0.4) is 0 Å². The number of hydrogen-bond acceptors (Lipinski definition) is 10. The number of hydrogen-bond donors (Lipinski definition) is 1. The summed E-state index contributed by atoms with van der Waals surface area (Å²) in [6, 6.07) is 10.0. The molecular weight excluding hydrogens is 474 g/mol. The van der Waals surface area contributed by atoms with Crippen LogP contribution in [-0.2, 0) is 14.3 Å². The normalized spacial score (nSPS) is 18.6. The van der Waals surface area contributed by atoms with Crippen LogP contribution in [0.5, 0.6) is 11.5 Å². The molecule has 2 aliphatic rings. The molecule has 0 saturated carbocycles. The maximum absolute atomic E-state index is 13.2. The number of ether oxygens (including phenoxy) is 3. The predicted molar refractivity (Wildman–Crippen MR) is 125 cm³/mol. The Morgan fingerprint density at radius 2 is 1.74 bits per heavy atom. The van der Waals surface area contributed by atoms with Crippen molar-refractivity contribution in [2.45, 2.75) is 13.0 Å². The lowest BCUT2D eigenvalue weighted by atomic mass is 9.94. The molecule has 5 rings (SSSR count). The standard InChI is InChI=1S/C24H19N3O7S/c1-12-25-26-24(35-12)27-19(13-3-5-14(6-4-13)23(31)32-2)18(21(29)22(27)30)20(28)15-7-8-16-17(11-15)34-10-9-33-16/h3-8,11,19,28H,9-10H2,1-2H3/b20-18+/t19-/m1/s1. The van der Waals surface area contributed by atoms with E-state index in [1.165, 1.54) is 24.1 Å². The molecular formula is C24H19N3O7S. The van der Waals surface area contributed by atoms with E-state index in [0.717, 1.165) is 11.3 Å². The first-order chi connectivity index (χ1) is 16.9. The van der Waals surface area contributed by atoms with Crippen LogP contribution in [0.1, 0.15) is 32.5 Å². The molecule has 0 radical (unpaired) electrons. The van der Waals surface area contributed by atoms with E-state index in [2.05, 4.69) is 10.2 Å². The van der Waals surface area contributed by atoms with Crippen LogP contribution < -0.4 is 14.4 Å². The van der Waals surface area contributed by atoms with Crippen molar-refractivity contribution in [3.05, 3.63) is 69.7 Å². The third kappa shape index (κ3) is 3.89. The number of carbonyl (C=O) groups is 3. The molecule has 1 aromatic heterocycles. The van der Waals surface area contributed by atoms with Crippen LogP contribution in [0.4, 0.5) is 5.13 Å². The molecule has 178 valence electrons. The Kier molecular flexibility index (Phi) is 5.69. The number of anilines is 1. The zero-order valence-corrected chi connectivity index (χ0v) is 19.5. The summed E-state index contributed by atoms with van der Waals surface area (Å²) in [7, 11) is 1.27. The van der Waals surface area contributed by atoms with E-state index in [-0.39, 0.29) is 22.0 Å². The average molecular weight is 493 g/mol. The number of esters is 1. The van der Waals surface area contributed by atoms with Crippen molar-refractivity contribution >= 4 is 39.9 Å². The minimum Gasteiger partial charge on any atom is -0.507 e. The first kappa shape index (κ1) is 22.5. The van der Waals surface area contributed by atoms with Crippen LogP contribution in [0.2, 0.25) is 0 Å². The summed E-state index contributed by atoms with van der Waals surface area (Å²) in [5, 5.41) is 20.1. The lowest BCUT2D eigenvalue weighted by Crippen LogP contribution is -2.29. The fourth-order valence-electron chi connectivity index (χ4n) is 3.99. The third-order valence-corrected chi connectivity index (χ3v) is 6.47. The number of aromatic nitrogens is 2. The number of benzene rings is 2. The van der Waals surface area contributed by atoms with Gasteiger partial charge in [0, 0.05) is 5.56 Å². The second kappa shape index (κ2) is 8.84. The Morgan fingerprint density at radius 1 is 1.06 bits per heavy atom. The molecule has 10 nitrogen and oxygen atoms in total. The highest BCUT2D eigenvalue weighted by Gasteiger charge is 2.48. The second-order valence-electron chi connectivity index (χ2n) is 7.74. The zero-order chi connectivity index (χ0) is 24.7. The predicted octanol–water partition coefficient (Wildman–Crippen LogP) is 3.03. The minimum absolute atomic E-state index is 0.120. The Hall–Kier alpha value is -4.25. The van der Waals surface area contributed by atoms with Crippen molar-refractivity contribution < 1.29 is 33.7 Å². The van der Waals surface area contributed by atoms with E-state index >= 15 is 0 Å². The van der Waals surface area contributed by atoms with E-state index in [0.29, 0.717) is 40.8 Å². The van der Waals surface area contributed by atoms with Crippen LogP contribution in [0, 0.1) is 6.92 Å². The van der Waals surface area contributed by atoms with Gasteiger partial charge in [-0.25, -0.2) is 4.79 Å². The van der Waals surface area contributed by atoms with Gasteiger partial charge in [0.2, 0.25) is 5.13 Å². The Balaban J connectivity index is 1.66. The quantitative estimate of drug-likeness (QED) is 0.252. The fourth-order valence-corrected chi connectivity index (χ4v) is 4.71. The molecule has 0 aliphatic carbocycles.